The van der Waals surface area contributed by atoms with Crippen molar-refractivity contribution in [2.75, 3.05) is 27.2 Å². The van der Waals surface area contributed by atoms with Crippen molar-refractivity contribution >= 4 is 11.9 Å². The van der Waals surface area contributed by atoms with Crippen LogP contribution in [0.25, 0.3) is 0 Å². The SMILES string of the molecule is CCCCCCCCCCCCCCCCC(F)C(=O)O.CCCCCCCCCCNC(=O)C(CC)CCN(C)C. The molecule has 0 heterocycles. The fourth-order valence-corrected chi connectivity index (χ4v) is 5.19. The van der Waals surface area contributed by atoms with Crippen LogP contribution >= 0.6 is 0 Å². The van der Waals surface area contributed by atoms with Crippen LogP contribution in [0.15, 0.2) is 0 Å². The predicted molar refractivity (Wildman–Crippen MR) is 180 cm³/mol. The Balaban J connectivity index is 0. The molecule has 0 bridgehead atoms. The molecule has 2 unspecified atom stereocenters. The number of amides is 1. The normalized spacial score (nSPS) is 12.5. The second-order valence-electron chi connectivity index (χ2n) is 12.7. The summed E-state index contributed by atoms with van der Waals surface area (Å²) in [4.78, 5) is 24.5. The first kappa shape index (κ1) is 43.0. The van der Waals surface area contributed by atoms with E-state index in [-0.39, 0.29) is 18.2 Å². The number of carboxylic acids is 1. The zero-order chi connectivity index (χ0) is 31.7. The van der Waals surface area contributed by atoms with Crippen LogP contribution in [0.4, 0.5) is 4.39 Å². The van der Waals surface area contributed by atoms with Gasteiger partial charge in [-0.1, -0.05) is 149 Å². The number of unbranched alkanes of at least 4 members (excludes halogenated alkanes) is 20. The smallest absolute Gasteiger partial charge is 0.338 e. The minimum atomic E-state index is -1.66. The molecule has 0 aliphatic rings. The molecule has 252 valence electrons. The van der Waals surface area contributed by atoms with E-state index in [0.29, 0.717) is 6.42 Å². The Morgan fingerprint density at radius 2 is 1.00 bits per heavy atom. The van der Waals surface area contributed by atoms with Crippen LogP contribution in [0.5, 0.6) is 0 Å². The molecule has 2 atom stereocenters. The molecule has 1 amide bonds. The number of halogens is 1. The first-order chi connectivity index (χ1) is 20.3. The summed E-state index contributed by atoms with van der Waals surface area (Å²) in [6.07, 6.45) is 28.5. The van der Waals surface area contributed by atoms with Crippen LogP contribution in [0, 0.1) is 5.92 Å². The minimum Gasteiger partial charge on any atom is -0.479 e. The molecule has 0 radical (unpaired) electrons. The van der Waals surface area contributed by atoms with E-state index in [1.54, 1.807) is 0 Å². The lowest BCUT2D eigenvalue weighted by Crippen LogP contribution is -2.33. The summed E-state index contributed by atoms with van der Waals surface area (Å²) in [5.74, 6) is -0.881. The highest BCUT2D eigenvalue weighted by molar-refractivity contribution is 5.78. The minimum absolute atomic E-state index is 0.174. The van der Waals surface area contributed by atoms with Gasteiger partial charge in [0, 0.05) is 12.5 Å². The van der Waals surface area contributed by atoms with E-state index in [1.165, 1.54) is 116 Å². The van der Waals surface area contributed by atoms with Gasteiger partial charge < -0.3 is 15.3 Å². The van der Waals surface area contributed by atoms with Gasteiger partial charge in [0.2, 0.25) is 5.91 Å². The molecule has 0 saturated heterocycles. The van der Waals surface area contributed by atoms with Crippen LogP contribution in [-0.4, -0.2) is 55.2 Å². The third-order valence-corrected chi connectivity index (χ3v) is 8.20. The van der Waals surface area contributed by atoms with Crippen LogP contribution in [0.1, 0.15) is 181 Å². The molecule has 5 nitrogen and oxygen atoms in total. The molecule has 42 heavy (non-hydrogen) atoms. The van der Waals surface area contributed by atoms with E-state index >= 15 is 0 Å². The van der Waals surface area contributed by atoms with E-state index in [1.807, 2.05) is 0 Å². The van der Waals surface area contributed by atoms with Gasteiger partial charge in [0.05, 0.1) is 0 Å². The van der Waals surface area contributed by atoms with Gasteiger partial charge in [-0.25, -0.2) is 9.18 Å². The van der Waals surface area contributed by atoms with Crippen molar-refractivity contribution in [3.63, 3.8) is 0 Å². The highest BCUT2D eigenvalue weighted by atomic mass is 19.1. The molecule has 0 aromatic rings. The summed E-state index contributed by atoms with van der Waals surface area (Å²) < 4.78 is 12.8. The second-order valence-corrected chi connectivity index (χ2v) is 12.7. The monoisotopic (exact) mass is 601 g/mol. The fraction of sp³-hybridized carbons (Fsp3) is 0.944. The Morgan fingerprint density at radius 1 is 0.619 bits per heavy atom. The third-order valence-electron chi connectivity index (χ3n) is 8.20. The number of aliphatic carboxylic acids is 1. The van der Waals surface area contributed by atoms with Gasteiger partial charge >= 0.3 is 5.97 Å². The van der Waals surface area contributed by atoms with Crippen LogP contribution in [-0.2, 0) is 9.59 Å². The summed E-state index contributed by atoms with van der Waals surface area (Å²) in [5.41, 5.74) is 0. The van der Waals surface area contributed by atoms with E-state index < -0.39 is 12.1 Å². The molecular formula is C36H73FN2O3. The Bertz CT molecular complexity index is 574. The summed E-state index contributed by atoms with van der Waals surface area (Å²) in [6.45, 7) is 8.46. The molecule has 0 spiro atoms. The number of carbonyl (C=O) groups excluding carboxylic acids is 1. The average Bonchev–Trinajstić information content (AvgIpc) is 2.96. The van der Waals surface area contributed by atoms with E-state index in [4.69, 9.17) is 5.11 Å². The summed E-state index contributed by atoms with van der Waals surface area (Å²) in [5, 5.41) is 11.5. The van der Waals surface area contributed by atoms with E-state index in [0.717, 1.165) is 45.2 Å². The first-order valence-electron chi connectivity index (χ1n) is 18.1. The Kier molecular flexibility index (Phi) is 35.1. The number of alkyl halides is 1. The van der Waals surface area contributed by atoms with Crippen molar-refractivity contribution < 1.29 is 19.1 Å². The second kappa shape index (κ2) is 34.3. The highest BCUT2D eigenvalue weighted by Crippen LogP contribution is 2.14. The first-order valence-corrected chi connectivity index (χ1v) is 18.1. The Labute approximate surface area is 261 Å². The molecular weight excluding hydrogens is 527 g/mol. The number of nitrogens with zero attached hydrogens (tertiary/aromatic N) is 1. The molecule has 0 rings (SSSR count). The molecule has 2 N–H and O–H groups in total. The zero-order valence-electron chi connectivity index (χ0n) is 28.8. The number of carbonyl (C=O) groups is 2. The van der Waals surface area contributed by atoms with E-state index in [2.05, 4.69) is 45.1 Å². The Hall–Kier alpha value is -1.17. The summed E-state index contributed by atoms with van der Waals surface area (Å²) in [6, 6.07) is 0. The fourth-order valence-electron chi connectivity index (χ4n) is 5.19. The van der Waals surface area contributed by atoms with Crippen molar-refractivity contribution in [3.05, 3.63) is 0 Å². The lowest BCUT2D eigenvalue weighted by Gasteiger charge is -2.17. The summed E-state index contributed by atoms with van der Waals surface area (Å²) in [7, 11) is 4.12. The largest absolute Gasteiger partial charge is 0.479 e. The van der Waals surface area contributed by atoms with Crippen LogP contribution in [0.3, 0.4) is 0 Å². The number of rotatable bonds is 30. The predicted octanol–water partition coefficient (Wildman–Crippen LogP) is 10.5. The standard InChI is InChI=1S/C18H35FO2.C18H38N2O/c1-2-3-4-5-6-7-8-9-10-11-12-13-14-15-16-17(19)18(20)21;1-5-7-8-9-10-11-12-13-15-19-18(21)17(6-2)14-16-20(3)4/h17H,2-16H2,1H3,(H,20,21);17H,5-16H2,1-4H3,(H,19,21). The number of hydrogen-bond acceptors (Lipinski definition) is 3. The van der Waals surface area contributed by atoms with Gasteiger partial charge in [0.25, 0.3) is 0 Å². The van der Waals surface area contributed by atoms with Crippen LogP contribution < -0.4 is 5.32 Å². The molecule has 0 aromatic carbocycles. The maximum Gasteiger partial charge on any atom is 0.338 e. The van der Waals surface area contributed by atoms with Gasteiger partial charge in [-0.3, -0.25) is 4.79 Å². The van der Waals surface area contributed by atoms with Gasteiger partial charge in [-0.15, -0.1) is 0 Å². The van der Waals surface area contributed by atoms with Crippen molar-refractivity contribution in [1.29, 1.82) is 0 Å². The quantitative estimate of drug-likeness (QED) is 0.0805. The number of carboxylic acid groups (broad SMARTS) is 1. The molecule has 0 fully saturated rings. The maximum atomic E-state index is 12.8. The topological polar surface area (TPSA) is 69.6 Å². The summed E-state index contributed by atoms with van der Waals surface area (Å²) >= 11 is 0. The van der Waals surface area contributed by atoms with Crippen molar-refractivity contribution in [2.24, 2.45) is 5.92 Å². The molecule has 6 heteroatoms. The zero-order valence-corrected chi connectivity index (χ0v) is 28.8. The molecule has 0 aromatic heterocycles. The van der Waals surface area contributed by atoms with Gasteiger partial charge in [0.15, 0.2) is 6.17 Å². The van der Waals surface area contributed by atoms with Gasteiger partial charge in [-0.05, 0) is 52.7 Å². The van der Waals surface area contributed by atoms with Gasteiger partial charge in [-0.2, -0.15) is 0 Å². The van der Waals surface area contributed by atoms with Crippen molar-refractivity contribution in [1.82, 2.24) is 10.2 Å². The average molecular weight is 601 g/mol. The Morgan fingerprint density at radius 3 is 1.36 bits per heavy atom. The molecule has 0 aliphatic carbocycles. The van der Waals surface area contributed by atoms with Crippen LogP contribution in [0.2, 0.25) is 0 Å². The maximum absolute atomic E-state index is 12.8. The number of nitrogens with one attached hydrogen (secondary N) is 1. The lowest BCUT2D eigenvalue weighted by molar-refractivity contribution is -0.143. The van der Waals surface area contributed by atoms with Crippen molar-refractivity contribution in [3.8, 4) is 0 Å². The molecule has 0 saturated carbocycles. The third kappa shape index (κ3) is 33.3. The lowest BCUT2D eigenvalue weighted by atomic mass is 10.0. The van der Waals surface area contributed by atoms with Crippen molar-refractivity contribution in [2.45, 2.75) is 187 Å². The molecule has 0 aliphatic heterocycles. The number of hydrogen-bond donors (Lipinski definition) is 2. The van der Waals surface area contributed by atoms with Gasteiger partial charge in [0.1, 0.15) is 0 Å². The van der Waals surface area contributed by atoms with E-state index in [9.17, 15) is 14.0 Å². The highest BCUT2D eigenvalue weighted by Gasteiger charge is 2.16.